The fourth-order valence-electron chi connectivity index (χ4n) is 9.20. The second-order valence-electron chi connectivity index (χ2n) is 14.3. The van der Waals surface area contributed by atoms with E-state index in [4.69, 9.17) is 0 Å². The third kappa shape index (κ3) is 5.19. The molecule has 252 valence electrons. The Labute approximate surface area is 308 Å². The fraction of sp³-hybridized carbons (Fsp3) is 0.238. The second kappa shape index (κ2) is 12.1. The molecule has 2 saturated heterocycles. The van der Waals surface area contributed by atoms with Crippen molar-refractivity contribution >= 4 is 70.3 Å². The average Bonchev–Trinajstić information content (AvgIpc) is 4.01. The summed E-state index contributed by atoms with van der Waals surface area (Å²) in [5.41, 5.74) is 1.33. The molecule has 4 amide bonds. The van der Waals surface area contributed by atoms with Crippen molar-refractivity contribution in [2.45, 2.75) is 42.2 Å². The van der Waals surface area contributed by atoms with Crippen molar-refractivity contribution in [1.29, 1.82) is 0 Å². The Balaban J connectivity index is 0.736. The lowest BCUT2D eigenvalue weighted by Crippen LogP contribution is -2.32. The highest BCUT2D eigenvalue weighted by Crippen LogP contribution is 2.54. The van der Waals surface area contributed by atoms with E-state index in [-0.39, 0.29) is 71.0 Å². The van der Waals surface area contributed by atoms with E-state index in [9.17, 15) is 19.2 Å². The number of hydrogen-bond donors (Lipinski definition) is 0. The summed E-state index contributed by atoms with van der Waals surface area (Å²) in [4.78, 5) is 62.1. The van der Waals surface area contributed by atoms with Crippen molar-refractivity contribution in [2.24, 2.45) is 47.3 Å². The molecule has 51 heavy (non-hydrogen) atoms. The maximum atomic E-state index is 13.2. The molecule has 2 saturated carbocycles. The summed E-state index contributed by atoms with van der Waals surface area (Å²) in [5, 5.41) is 0. The van der Waals surface area contributed by atoms with Crippen LogP contribution in [-0.2, 0) is 19.2 Å². The largest absolute Gasteiger partial charge is 0.274 e. The summed E-state index contributed by atoms with van der Waals surface area (Å²) in [7, 11) is 0. The van der Waals surface area contributed by atoms with Crippen LogP contribution in [0.4, 0.5) is 11.4 Å². The van der Waals surface area contributed by atoms with Crippen molar-refractivity contribution in [2.75, 3.05) is 9.80 Å². The van der Waals surface area contributed by atoms with Gasteiger partial charge in [0.15, 0.2) is 0 Å². The smallest absolute Gasteiger partial charge is 0.238 e. The van der Waals surface area contributed by atoms with Crippen molar-refractivity contribution in [1.82, 2.24) is 0 Å². The van der Waals surface area contributed by atoms with Crippen LogP contribution in [0, 0.1) is 47.3 Å². The highest BCUT2D eigenvalue weighted by atomic mass is 32.2. The van der Waals surface area contributed by atoms with Crippen LogP contribution in [0.3, 0.4) is 0 Å². The number of nitrogens with zero attached hydrogens (tertiary/aromatic N) is 2. The van der Waals surface area contributed by atoms with Gasteiger partial charge in [-0.2, -0.15) is 0 Å². The first kappa shape index (κ1) is 31.4. The highest BCUT2D eigenvalue weighted by Gasteiger charge is 2.60. The predicted octanol–water partition coefficient (Wildman–Crippen LogP) is 8.76. The van der Waals surface area contributed by atoms with Gasteiger partial charge in [0, 0.05) is 29.4 Å². The number of imide groups is 2. The van der Waals surface area contributed by atoms with E-state index in [0.29, 0.717) is 11.4 Å². The number of allylic oxidation sites excluding steroid dienone is 4. The van der Waals surface area contributed by atoms with E-state index in [1.165, 1.54) is 9.80 Å². The van der Waals surface area contributed by atoms with Crippen molar-refractivity contribution in [3.8, 4) is 0 Å². The summed E-state index contributed by atoms with van der Waals surface area (Å²) >= 11 is 5.01. The number of rotatable bonds is 8. The quantitative estimate of drug-likeness (QED) is 0.133. The van der Waals surface area contributed by atoms with Gasteiger partial charge in [0.05, 0.1) is 35.0 Å². The first-order valence-electron chi connectivity index (χ1n) is 17.5. The summed E-state index contributed by atoms with van der Waals surface area (Å²) in [6.45, 7) is 0. The Morgan fingerprint density at radius 2 is 0.569 bits per heavy atom. The Bertz CT molecular complexity index is 1950. The van der Waals surface area contributed by atoms with E-state index in [1.807, 2.05) is 48.5 Å². The van der Waals surface area contributed by atoms with Crippen LogP contribution in [0.1, 0.15) is 12.8 Å². The minimum Gasteiger partial charge on any atom is -0.274 e. The molecule has 6 nitrogen and oxygen atoms in total. The van der Waals surface area contributed by atoms with Gasteiger partial charge in [0.2, 0.25) is 23.6 Å². The number of carbonyl (C=O) groups excluding carboxylic acids is 4. The summed E-state index contributed by atoms with van der Waals surface area (Å²) < 4.78 is 0. The molecule has 0 spiro atoms. The monoisotopic (exact) mass is 724 g/mol. The first-order valence-corrected chi connectivity index (χ1v) is 19.9. The molecule has 10 rings (SSSR count). The lowest BCUT2D eigenvalue weighted by molar-refractivity contribution is -0.124. The van der Waals surface area contributed by atoms with Gasteiger partial charge in [-0.05, 0) is 134 Å². The lowest BCUT2D eigenvalue weighted by atomic mass is 9.85. The molecule has 0 radical (unpaired) electrons. The minimum absolute atomic E-state index is 0.0448. The van der Waals surface area contributed by atoms with Gasteiger partial charge >= 0.3 is 0 Å². The van der Waals surface area contributed by atoms with E-state index in [1.54, 1.807) is 35.3 Å². The molecule has 2 aliphatic heterocycles. The van der Waals surface area contributed by atoms with Gasteiger partial charge < -0.3 is 0 Å². The Kier molecular flexibility index (Phi) is 7.48. The van der Waals surface area contributed by atoms with Crippen LogP contribution in [0.15, 0.2) is 151 Å². The summed E-state index contributed by atoms with van der Waals surface area (Å²) in [5.74, 6) is -0.0722. The Hall–Kier alpha value is -4.31. The van der Waals surface area contributed by atoms with E-state index in [2.05, 4.69) is 72.8 Å². The third-order valence-electron chi connectivity index (χ3n) is 11.5. The second-order valence-corrected chi connectivity index (χ2v) is 17.7. The average molecular weight is 725 g/mol. The van der Waals surface area contributed by atoms with Crippen molar-refractivity contribution < 1.29 is 19.2 Å². The molecular formula is C42H32N2O4S3. The molecule has 4 fully saturated rings. The van der Waals surface area contributed by atoms with Gasteiger partial charge in [-0.25, -0.2) is 0 Å². The molecule has 2 heterocycles. The highest BCUT2D eigenvalue weighted by molar-refractivity contribution is 8.00. The molecule has 9 heteroatoms. The SMILES string of the molecule is O=C1[C@@H]2[C@H](C(=O)N1c1ccc(Sc3ccc(Sc4ccc(Sc5ccc(N6C(=O)[C@H]7[C@H](C6=O)[C@H]6C=C[C@H]7C6)cc5)cc4)cc3)cc1)[C@H]1C=C[C@H]2C1. The summed E-state index contributed by atoms with van der Waals surface area (Å²) in [6, 6.07) is 32.4. The fourth-order valence-corrected chi connectivity index (χ4v) is 11.6. The standard InChI is InChI=1S/C42H32N2O4S3/c45-39-35-23-1-2-24(21-23)36(35)40(46)43(39)27-5-9-29(10-6-27)49-31-13-17-33(18-14-31)51-34-19-15-32(16-20-34)50-30-11-7-28(8-12-30)44-41(47)37-25-3-4-26(22-25)38(37)42(44)48/h1-20,23-26,35-38H,21-22H2/t23-,24-,25-,26-,35-,36+,37+,38+/m0/s1. The zero-order chi connectivity index (χ0) is 34.4. The van der Waals surface area contributed by atoms with E-state index in [0.717, 1.165) is 42.2 Å². The third-order valence-corrected chi connectivity index (χ3v) is 14.5. The summed E-state index contributed by atoms with van der Waals surface area (Å²) in [6.07, 6.45) is 10.4. The number of hydrogen-bond acceptors (Lipinski definition) is 7. The number of fused-ring (bicyclic) bond motifs is 10. The number of anilines is 2. The maximum absolute atomic E-state index is 13.2. The van der Waals surface area contributed by atoms with Crippen LogP contribution in [0.25, 0.3) is 0 Å². The zero-order valence-electron chi connectivity index (χ0n) is 27.3. The molecule has 8 atom stereocenters. The molecule has 4 bridgehead atoms. The van der Waals surface area contributed by atoms with E-state index >= 15 is 0 Å². The van der Waals surface area contributed by atoms with Gasteiger partial charge in [-0.3, -0.25) is 29.0 Å². The molecule has 4 aliphatic carbocycles. The van der Waals surface area contributed by atoms with Gasteiger partial charge in [0.25, 0.3) is 0 Å². The van der Waals surface area contributed by atoms with Crippen LogP contribution in [-0.4, -0.2) is 23.6 Å². The Morgan fingerprint density at radius 1 is 0.353 bits per heavy atom. The molecule has 4 aromatic rings. The lowest BCUT2D eigenvalue weighted by Gasteiger charge is -2.17. The minimum atomic E-state index is -0.185. The molecule has 6 aliphatic rings. The molecule has 0 aromatic heterocycles. The van der Waals surface area contributed by atoms with Gasteiger partial charge in [-0.15, -0.1) is 0 Å². The first-order chi connectivity index (χ1) is 24.9. The van der Waals surface area contributed by atoms with Crippen molar-refractivity contribution in [3.63, 3.8) is 0 Å². The molecule has 0 unspecified atom stereocenters. The van der Waals surface area contributed by atoms with Crippen molar-refractivity contribution in [3.05, 3.63) is 121 Å². The van der Waals surface area contributed by atoms with Crippen LogP contribution in [0.2, 0.25) is 0 Å². The molecule has 4 aromatic carbocycles. The predicted molar refractivity (Wildman–Crippen MR) is 199 cm³/mol. The van der Waals surface area contributed by atoms with Gasteiger partial charge in [-0.1, -0.05) is 59.6 Å². The van der Waals surface area contributed by atoms with Crippen LogP contribution >= 0.6 is 35.3 Å². The number of amides is 4. The molecular weight excluding hydrogens is 693 g/mol. The normalized spacial score (nSPS) is 29.6. The van der Waals surface area contributed by atoms with Gasteiger partial charge in [0.1, 0.15) is 0 Å². The number of carbonyl (C=O) groups is 4. The Morgan fingerprint density at radius 3 is 0.804 bits per heavy atom. The zero-order valence-corrected chi connectivity index (χ0v) is 29.8. The van der Waals surface area contributed by atoms with Crippen LogP contribution < -0.4 is 9.80 Å². The molecule has 0 N–H and O–H groups in total. The van der Waals surface area contributed by atoms with E-state index < -0.39 is 0 Å². The van der Waals surface area contributed by atoms with Crippen LogP contribution in [0.5, 0.6) is 0 Å². The number of benzene rings is 4. The maximum Gasteiger partial charge on any atom is 0.238 e. The topological polar surface area (TPSA) is 74.8 Å².